The van der Waals surface area contributed by atoms with Crippen LogP contribution in [0.3, 0.4) is 0 Å². The Labute approximate surface area is 70.8 Å². The molecule has 2 N–H and O–H groups in total. The van der Waals surface area contributed by atoms with E-state index >= 15 is 0 Å². The molecule has 1 rings (SSSR count). The summed E-state index contributed by atoms with van der Waals surface area (Å²) in [5.41, 5.74) is 0. The van der Waals surface area contributed by atoms with Gasteiger partial charge in [0, 0.05) is 6.04 Å². The highest BCUT2D eigenvalue weighted by atomic mass is 15.0. The molecule has 1 heterocycles. The van der Waals surface area contributed by atoms with Crippen molar-refractivity contribution in [2.75, 3.05) is 20.1 Å². The molecular weight excluding hydrogens is 136 g/mol. The molecule has 0 spiro atoms. The molecule has 0 bridgehead atoms. The second kappa shape index (κ2) is 6.62. The first kappa shape index (κ1) is 10.9. The first-order valence-electron chi connectivity index (χ1n) is 4.72. The summed E-state index contributed by atoms with van der Waals surface area (Å²) in [5, 5.41) is 6.67. The van der Waals surface area contributed by atoms with Gasteiger partial charge in [0.1, 0.15) is 0 Å². The summed E-state index contributed by atoms with van der Waals surface area (Å²) >= 11 is 0. The van der Waals surface area contributed by atoms with Crippen molar-refractivity contribution in [3.05, 3.63) is 0 Å². The molecule has 1 saturated heterocycles. The molecule has 2 unspecified atom stereocenters. The highest BCUT2D eigenvalue weighted by Crippen LogP contribution is 2.08. The number of piperidine rings is 1. The van der Waals surface area contributed by atoms with Crippen molar-refractivity contribution < 1.29 is 0 Å². The van der Waals surface area contributed by atoms with Crippen LogP contribution in [-0.4, -0.2) is 26.2 Å². The van der Waals surface area contributed by atoms with Crippen molar-refractivity contribution in [1.29, 1.82) is 0 Å². The van der Waals surface area contributed by atoms with Gasteiger partial charge < -0.3 is 10.6 Å². The van der Waals surface area contributed by atoms with Crippen LogP contribution in [0.15, 0.2) is 0 Å². The Morgan fingerprint density at radius 2 is 2.00 bits per heavy atom. The predicted molar refractivity (Wildman–Crippen MR) is 50.8 cm³/mol. The smallest absolute Gasteiger partial charge is 0.0114 e. The Morgan fingerprint density at radius 3 is 2.36 bits per heavy atom. The van der Waals surface area contributed by atoms with Gasteiger partial charge in [-0.15, -0.1) is 0 Å². The second-order valence-corrected chi connectivity index (χ2v) is 2.87. The van der Waals surface area contributed by atoms with Gasteiger partial charge in [-0.2, -0.15) is 0 Å². The average Bonchev–Trinajstić information content (AvgIpc) is 2.09. The minimum Gasteiger partial charge on any atom is -0.317 e. The molecule has 1 aliphatic rings. The normalized spacial score (nSPS) is 30.5. The van der Waals surface area contributed by atoms with Crippen molar-refractivity contribution >= 4 is 0 Å². The first-order valence-corrected chi connectivity index (χ1v) is 4.72. The minimum absolute atomic E-state index is 0.742. The summed E-state index contributed by atoms with van der Waals surface area (Å²) in [6, 6.07) is 0.742. The fourth-order valence-corrected chi connectivity index (χ4v) is 1.44. The molecule has 11 heavy (non-hydrogen) atoms. The molecule has 0 saturated carbocycles. The van der Waals surface area contributed by atoms with Crippen molar-refractivity contribution in [3.63, 3.8) is 0 Å². The van der Waals surface area contributed by atoms with Crippen molar-refractivity contribution in [3.8, 4) is 0 Å². The summed E-state index contributed by atoms with van der Waals surface area (Å²) in [6.45, 7) is 8.63. The highest BCUT2D eigenvalue weighted by molar-refractivity contribution is 4.78. The molecular formula is C9H22N2. The first-order chi connectivity index (χ1) is 5.34. The van der Waals surface area contributed by atoms with Gasteiger partial charge >= 0.3 is 0 Å². The van der Waals surface area contributed by atoms with Crippen molar-refractivity contribution in [1.82, 2.24) is 10.6 Å². The minimum atomic E-state index is 0.742. The van der Waals surface area contributed by atoms with Crippen molar-refractivity contribution in [2.24, 2.45) is 5.92 Å². The Bertz CT molecular complexity index is 83.6. The van der Waals surface area contributed by atoms with Gasteiger partial charge in [-0.25, -0.2) is 0 Å². The van der Waals surface area contributed by atoms with E-state index in [1.165, 1.54) is 19.5 Å². The lowest BCUT2D eigenvalue weighted by Gasteiger charge is -2.28. The van der Waals surface area contributed by atoms with E-state index in [0.29, 0.717) is 0 Å². The van der Waals surface area contributed by atoms with Gasteiger partial charge in [0.25, 0.3) is 0 Å². The Hall–Kier alpha value is -0.0800. The Balaban J connectivity index is 0.000000461. The SMILES string of the molecule is CC.CNC1CCNCC1C. The molecule has 0 aromatic rings. The maximum Gasteiger partial charge on any atom is 0.0114 e. The summed E-state index contributed by atoms with van der Waals surface area (Å²) < 4.78 is 0. The van der Waals surface area contributed by atoms with Crippen LogP contribution >= 0.6 is 0 Å². The van der Waals surface area contributed by atoms with Gasteiger partial charge in [-0.3, -0.25) is 0 Å². The largest absolute Gasteiger partial charge is 0.317 e. The summed E-state index contributed by atoms with van der Waals surface area (Å²) in [6.07, 6.45) is 1.28. The van der Waals surface area contributed by atoms with Crippen LogP contribution < -0.4 is 10.6 Å². The van der Waals surface area contributed by atoms with Crippen LogP contribution in [0.25, 0.3) is 0 Å². The zero-order chi connectivity index (χ0) is 8.69. The maximum atomic E-state index is 3.36. The topological polar surface area (TPSA) is 24.1 Å². The molecule has 0 radical (unpaired) electrons. The monoisotopic (exact) mass is 158 g/mol. The standard InChI is InChI=1S/C7H16N2.C2H6/c1-6-5-9-4-3-7(6)8-2;1-2/h6-9H,3-5H2,1-2H3;1-2H3. The number of rotatable bonds is 1. The van der Waals surface area contributed by atoms with Gasteiger partial charge in [-0.05, 0) is 32.5 Å². The lowest BCUT2D eigenvalue weighted by atomic mass is 9.96. The van der Waals surface area contributed by atoms with Crippen LogP contribution in [0.5, 0.6) is 0 Å². The molecule has 1 aliphatic heterocycles. The fraction of sp³-hybridized carbons (Fsp3) is 1.00. The second-order valence-electron chi connectivity index (χ2n) is 2.87. The quantitative estimate of drug-likeness (QED) is 0.600. The molecule has 1 fully saturated rings. The van der Waals surface area contributed by atoms with E-state index in [9.17, 15) is 0 Å². The van der Waals surface area contributed by atoms with E-state index in [0.717, 1.165) is 12.0 Å². The number of hydrogen-bond donors (Lipinski definition) is 2. The van der Waals surface area contributed by atoms with E-state index in [1.807, 2.05) is 20.9 Å². The third-order valence-electron chi connectivity index (χ3n) is 2.16. The van der Waals surface area contributed by atoms with Gasteiger partial charge in [0.05, 0.1) is 0 Å². The van der Waals surface area contributed by atoms with E-state index < -0.39 is 0 Å². The molecule has 0 amide bonds. The van der Waals surface area contributed by atoms with Gasteiger partial charge in [0.15, 0.2) is 0 Å². The summed E-state index contributed by atoms with van der Waals surface area (Å²) in [4.78, 5) is 0. The molecule has 2 atom stereocenters. The van der Waals surface area contributed by atoms with Crippen LogP contribution in [0, 0.1) is 5.92 Å². The molecule has 0 aromatic carbocycles. The van der Waals surface area contributed by atoms with E-state index in [1.54, 1.807) is 0 Å². The fourth-order valence-electron chi connectivity index (χ4n) is 1.44. The van der Waals surface area contributed by atoms with E-state index in [2.05, 4.69) is 17.6 Å². The van der Waals surface area contributed by atoms with Crippen molar-refractivity contribution in [2.45, 2.75) is 33.2 Å². The number of nitrogens with one attached hydrogen (secondary N) is 2. The molecule has 0 aliphatic carbocycles. The highest BCUT2D eigenvalue weighted by Gasteiger charge is 2.17. The maximum absolute atomic E-state index is 3.36. The summed E-state index contributed by atoms with van der Waals surface area (Å²) in [5.74, 6) is 0.795. The molecule has 68 valence electrons. The van der Waals surface area contributed by atoms with Gasteiger partial charge in [-0.1, -0.05) is 20.8 Å². The lowest BCUT2D eigenvalue weighted by Crippen LogP contribution is -2.44. The third kappa shape index (κ3) is 3.73. The van der Waals surface area contributed by atoms with Crippen LogP contribution in [-0.2, 0) is 0 Å². The Morgan fingerprint density at radius 1 is 1.36 bits per heavy atom. The average molecular weight is 158 g/mol. The van der Waals surface area contributed by atoms with E-state index in [4.69, 9.17) is 0 Å². The third-order valence-corrected chi connectivity index (χ3v) is 2.16. The molecule has 0 aromatic heterocycles. The molecule has 2 nitrogen and oxygen atoms in total. The lowest BCUT2D eigenvalue weighted by molar-refractivity contribution is 0.311. The molecule has 2 heteroatoms. The number of hydrogen-bond acceptors (Lipinski definition) is 2. The van der Waals surface area contributed by atoms with Crippen LogP contribution in [0.4, 0.5) is 0 Å². The zero-order valence-corrected chi connectivity index (χ0v) is 8.28. The Kier molecular flexibility index (Phi) is 6.57. The van der Waals surface area contributed by atoms with Gasteiger partial charge in [0.2, 0.25) is 0 Å². The summed E-state index contributed by atoms with van der Waals surface area (Å²) in [7, 11) is 2.05. The van der Waals surface area contributed by atoms with E-state index in [-0.39, 0.29) is 0 Å². The van der Waals surface area contributed by atoms with Crippen LogP contribution in [0.2, 0.25) is 0 Å². The predicted octanol–water partition coefficient (Wildman–Crippen LogP) is 1.23. The zero-order valence-electron chi connectivity index (χ0n) is 8.28. The van der Waals surface area contributed by atoms with Crippen LogP contribution in [0.1, 0.15) is 27.2 Å².